The van der Waals surface area contributed by atoms with Crippen LogP contribution in [0.3, 0.4) is 0 Å². The molecule has 7 heteroatoms. The van der Waals surface area contributed by atoms with Gasteiger partial charge >= 0.3 is 0 Å². The van der Waals surface area contributed by atoms with E-state index in [9.17, 15) is 8.42 Å². The maximum atomic E-state index is 12.3. The first-order valence-electron chi connectivity index (χ1n) is 5.53. The summed E-state index contributed by atoms with van der Waals surface area (Å²) in [5.74, 6) is 0. The van der Waals surface area contributed by atoms with Crippen molar-refractivity contribution in [3.63, 3.8) is 0 Å². The highest BCUT2D eigenvalue weighted by molar-refractivity contribution is 9.10. The van der Waals surface area contributed by atoms with Gasteiger partial charge in [0, 0.05) is 8.95 Å². The summed E-state index contributed by atoms with van der Waals surface area (Å²) in [6, 6.07) is 9.81. The van der Waals surface area contributed by atoms with Crippen molar-refractivity contribution in [2.24, 2.45) is 0 Å². The zero-order chi connectivity index (χ0) is 14.9. The van der Waals surface area contributed by atoms with E-state index in [0.29, 0.717) is 10.7 Å². The second-order valence-electron chi connectivity index (χ2n) is 4.14. The molecule has 0 fully saturated rings. The molecule has 2 aromatic rings. The largest absolute Gasteiger partial charge is 0.278 e. The van der Waals surface area contributed by atoms with Crippen molar-refractivity contribution in [1.82, 2.24) is 0 Å². The number of nitrogens with one attached hydrogen (secondary N) is 1. The van der Waals surface area contributed by atoms with Gasteiger partial charge in [0.15, 0.2) is 0 Å². The number of hydrogen-bond donors (Lipinski definition) is 1. The lowest BCUT2D eigenvalue weighted by Crippen LogP contribution is -2.13. The van der Waals surface area contributed by atoms with E-state index >= 15 is 0 Å². The number of anilines is 1. The van der Waals surface area contributed by atoms with Crippen LogP contribution in [-0.4, -0.2) is 8.42 Å². The minimum atomic E-state index is -3.67. The summed E-state index contributed by atoms with van der Waals surface area (Å²) < 4.78 is 28.7. The zero-order valence-corrected chi connectivity index (χ0v) is 15.1. The Kier molecular flexibility index (Phi) is 4.79. The molecular formula is C13H10Br2ClNO2S. The molecule has 2 aromatic carbocycles. The van der Waals surface area contributed by atoms with Crippen LogP contribution in [0.5, 0.6) is 0 Å². The van der Waals surface area contributed by atoms with Crippen molar-refractivity contribution in [3.8, 4) is 0 Å². The van der Waals surface area contributed by atoms with Gasteiger partial charge in [-0.15, -0.1) is 0 Å². The Morgan fingerprint density at radius 1 is 1.10 bits per heavy atom. The molecule has 0 aliphatic carbocycles. The third-order valence-corrected chi connectivity index (χ3v) is 5.69. The monoisotopic (exact) mass is 437 g/mol. The Morgan fingerprint density at radius 3 is 2.45 bits per heavy atom. The van der Waals surface area contributed by atoms with E-state index in [0.717, 1.165) is 14.5 Å². The Morgan fingerprint density at radius 2 is 1.80 bits per heavy atom. The van der Waals surface area contributed by atoms with Crippen LogP contribution in [0.15, 0.2) is 50.2 Å². The molecule has 20 heavy (non-hydrogen) atoms. The number of hydrogen-bond acceptors (Lipinski definition) is 2. The standard InChI is InChI=1S/C13H10Br2ClNO2S/c1-8-6-10(3-4-11(8)15)20(18,19)17-13-7-9(14)2-5-12(13)16/h2-7,17H,1H3. The van der Waals surface area contributed by atoms with Crippen molar-refractivity contribution in [3.05, 3.63) is 55.9 Å². The van der Waals surface area contributed by atoms with Gasteiger partial charge in [-0.3, -0.25) is 4.72 Å². The molecular weight excluding hydrogens is 429 g/mol. The van der Waals surface area contributed by atoms with Gasteiger partial charge in [0.05, 0.1) is 15.6 Å². The molecule has 0 amide bonds. The van der Waals surface area contributed by atoms with Crippen molar-refractivity contribution in [1.29, 1.82) is 0 Å². The van der Waals surface area contributed by atoms with Gasteiger partial charge in [0.1, 0.15) is 0 Å². The molecule has 0 spiro atoms. The first kappa shape index (κ1) is 15.8. The highest BCUT2D eigenvalue weighted by Crippen LogP contribution is 2.28. The van der Waals surface area contributed by atoms with E-state index in [4.69, 9.17) is 11.6 Å². The third-order valence-electron chi connectivity index (χ3n) is 2.61. The molecule has 0 aromatic heterocycles. The highest BCUT2D eigenvalue weighted by Gasteiger charge is 2.16. The Labute approximate surface area is 139 Å². The van der Waals surface area contributed by atoms with E-state index < -0.39 is 10.0 Å². The van der Waals surface area contributed by atoms with Gasteiger partial charge in [-0.05, 0) is 48.9 Å². The van der Waals surface area contributed by atoms with Gasteiger partial charge in [0.2, 0.25) is 0 Å². The fourth-order valence-corrected chi connectivity index (χ4v) is 3.55. The van der Waals surface area contributed by atoms with Crippen LogP contribution in [0.1, 0.15) is 5.56 Å². The molecule has 0 aliphatic rings. The first-order valence-corrected chi connectivity index (χ1v) is 8.98. The Balaban J connectivity index is 2.40. The van der Waals surface area contributed by atoms with Gasteiger partial charge < -0.3 is 0 Å². The average Bonchev–Trinajstić information content (AvgIpc) is 2.36. The molecule has 0 heterocycles. The zero-order valence-electron chi connectivity index (χ0n) is 10.3. The van der Waals surface area contributed by atoms with Crippen LogP contribution < -0.4 is 4.72 Å². The van der Waals surface area contributed by atoms with Gasteiger partial charge in [-0.1, -0.05) is 43.5 Å². The minimum Gasteiger partial charge on any atom is -0.278 e. The van der Waals surface area contributed by atoms with E-state index in [-0.39, 0.29) is 4.90 Å². The Hall–Kier alpha value is -0.560. The SMILES string of the molecule is Cc1cc(S(=O)(=O)Nc2cc(Br)ccc2Cl)ccc1Br. The van der Waals surface area contributed by atoms with Crippen molar-refractivity contribution >= 4 is 59.2 Å². The lowest BCUT2D eigenvalue weighted by molar-refractivity contribution is 0.601. The van der Waals surface area contributed by atoms with E-state index in [1.807, 2.05) is 6.92 Å². The smallest absolute Gasteiger partial charge is 0.261 e. The van der Waals surface area contributed by atoms with E-state index in [1.54, 1.807) is 30.3 Å². The van der Waals surface area contributed by atoms with Crippen LogP contribution >= 0.6 is 43.5 Å². The maximum absolute atomic E-state index is 12.3. The number of benzene rings is 2. The normalized spacial score (nSPS) is 11.4. The van der Waals surface area contributed by atoms with Crippen LogP contribution in [0, 0.1) is 6.92 Å². The van der Waals surface area contributed by atoms with E-state index in [2.05, 4.69) is 36.6 Å². The molecule has 3 nitrogen and oxygen atoms in total. The second kappa shape index (κ2) is 6.05. The summed E-state index contributed by atoms with van der Waals surface area (Å²) in [7, 11) is -3.67. The first-order chi connectivity index (χ1) is 9.29. The highest BCUT2D eigenvalue weighted by atomic mass is 79.9. The Bertz CT molecular complexity index is 763. The predicted molar refractivity (Wildman–Crippen MR) is 88.8 cm³/mol. The molecule has 0 unspecified atom stereocenters. The summed E-state index contributed by atoms with van der Waals surface area (Å²) >= 11 is 12.6. The minimum absolute atomic E-state index is 0.189. The third kappa shape index (κ3) is 3.55. The van der Waals surface area contributed by atoms with Gasteiger partial charge in [-0.2, -0.15) is 0 Å². The van der Waals surface area contributed by atoms with Crippen LogP contribution in [-0.2, 0) is 10.0 Å². The topological polar surface area (TPSA) is 46.2 Å². The van der Waals surface area contributed by atoms with Crippen molar-refractivity contribution < 1.29 is 8.42 Å². The van der Waals surface area contributed by atoms with Gasteiger partial charge in [0.25, 0.3) is 10.0 Å². The fraction of sp³-hybridized carbons (Fsp3) is 0.0769. The van der Waals surface area contributed by atoms with Crippen molar-refractivity contribution in [2.45, 2.75) is 11.8 Å². The van der Waals surface area contributed by atoms with Crippen LogP contribution in [0.2, 0.25) is 5.02 Å². The van der Waals surface area contributed by atoms with Gasteiger partial charge in [-0.25, -0.2) is 8.42 Å². The molecule has 0 saturated carbocycles. The van der Waals surface area contributed by atoms with Crippen LogP contribution in [0.25, 0.3) is 0 Å². The average molecular weight is 440 g/mol. The van der Waals surface area contributed by atoms with E-state index in [1.165, 1.54) is 6.07 Å². The molecule has 1 N–H and O–H groups in total. The lowest BCUT2D eigenvalue weighted by atomic mass is 10.2. The maximum Gasteiger partial charge on any atom is 0.261 e. The lowest BCUT2D eigenvalue weighted by Gasteiger charge is -2.11. The summed E-state index contributed by atoms with van der Waals surface area (Å²) in [5, 5.41) is 0.339. The summed E-state index contributed by atoms with van der Waals surface area (Å²) in [4.78, 5) is 0.189. The predicted octanol–water partition coefficient (Wildman–Crippen LogP) is 4.97. The van der Waals surface area contributed by atoms with Crippen LogP contribution in [0.4, 0.5) is 5.69 Å². The molecule has 0 aliphatic heterocycles. The molecule has 106 valence electrons. The number of halogens is 3. The molecule has 0 saturated heterocycles. The number of aryl methyl sites for hydroxylation is 1. The molecule has 0 atom stereocenters. The molecule has 0 radical (unpaired) electrons. The summed E-state index contributed by atoms with van der Waals surface area (Å²) in [5.41, 5.74) is 1.18. The summed E-state index contributed by atoms with van der Waals surface area (Å²) in [6.07, 6.45) is 0. The van der Waals surface area contributed by atoms with Crippen molar-refractivity contribution in [2.75, 3.05) is 4.72 Å². The molecule has 0 bridgehead atoms. The molecule has 2 rings (SSSR count). The number of sulfonamides is 1. The summed E-state index contributed by atoms with van der Waals surface area (Å²) in [6.45, 7) is 1.83. The second-order valence-corrected chi connectivity index (χ2v) is 8.00. The fourth-order valence-electron chi connectivity index (χ4n) is 1.56. The quantitative estimate of drug-likeness (QED) is 0.734. The number of rotatable bonds is 3.